The molecule has 1 heterocycles. The standard InChI is InChI=1S/C35H24N2/c1-2-9-25(10-3-1)26-11-8-12-27(23-26)34-19-20-36-35(37-34)22-24-17-18-32-30-15-5-4-13-28(30)29-14-6-7-16-31(29)33(32)21-24/h1-21,23H,22H2. The van der Waals surface area contributed by atoms with Crippen molar-refractivity contribution in [2.45, 2.75) is 6.42 Å². The molecule has 174 valence electrons. The van der Waals surface area contributed by atoms with Crippen LogP contribution in [0.2, 0.25) is 0 Å². The van der Waals surface area contributed by atoms with E-state index in [0.717, 1.165) is 17.1 Å². The van der Waals surface area contributed by atoms with Gasteiger partial charge in [-0.1, -0.05) is 115 Å². The Bertz CT molecular complexity index is 1870. The summed E-state index contributed by atoms with van der Waals surface area (Å²) < 4.78 is 0. The van der Waals surface area contributed by atoms with Gasteiger partial charge in [-0.15, -0.1) is 0 Å². The van der Waals surface area contributed by atoms with Gasteiger partial charge in [0, 0.05) is 18.2 Å². The van der Waals surface area contributed by atoms with Crippen molar-refractivity contribution in [2.75, 3.05) is 0 Å². The van der Waals surface area contributed by atoms with E-state index >= 15 is 0 Å². The van der Waals surface area contributed by atoms with E-state index in [2.05, 4.69) is 120 Å². The van der Waals surface area contributed by atoms with Gasteiger partial charge in [0.1, 0.15) is 5.82 Å². The van der Waals surface area contributed by atoms with Gasteiger partial charge in [-0.05, 0) is 61.1 Å². The average molecular weight is 473 g/mol. The summed E-state index contributed by atoms with van der Waals surface area (Å²) >= 11 is 0. The van der Waals surface area contributed by atoms with E-state index in [1.807, 2.05) is 18.3 Å². The number of rotatable bonds is 4. The fourth-order valence-corrected chi connectivity index (χ4v) is 5.38. The number of benzene rings is 6. The summed E-state index contributed by atoms with van der Waals surface area (Å²) in [4.78, 5) is 9.58. The van der Waals surface area contributed by atoms with Crippen LogP contribution in [0, 0.1) is 0 Å². The molecule has 0 saturated carbocycles. The normalized spacial score (nSPS) is 11.4. The summed E-state index contributed by atoms with van der Waals surface area (Å²) in [6.07, 6.45) is 2.56. The molecule has 7 aromatic rings. The van der Waals surface area contributed by atoms with Crippen molar-refractivity contribution in [3.05, 3.63) is 145 Å². The van der Waals surface area contributed by atoms with Gasteiger partial charge in [0.15, 0.2) is 0 Å². The molecule has 0 unspecified atom stereocenters. The van der Waals surface area contributed by atoms with Crippen molar-refractivity contribution >= 4 is 32.3 Å². The van der Waals surface area contributed by atoms with E-state index in [1.54, 1.807) is 0 Å². The van der Waals surface area contributed by atoms with E-state index < -0.39 is 0 Å². The molecule has 0 atom stereocenters. The van der Waals surface area contributed by atoms with Crippen LogP contribution in [-0.4, -0.2) is 9.97 Å². The third-order valence-corrected chi connectivity index (χ3v) is 7.14. The molecule has 0 bridgehead atoms. The Morgan fingerprint density at radius 1 is 0.432 bits per heavy atom. The first-order valence-electron chi connectivity index (χ1n) is 12.6. The first kappa shape index (κ1) is 21.5. The molecule has 1 aromatic heterocycles. The molecule has 0 fully saturated rings. The second-order valence-electron chi connectivity index (χ2n) is 9.45. The Morgan fingerprint density at radius 2 is 1.03 bits per heavy atom. The molecule has 37 heavy (non-hydrogen) atoms. The van der Waals surface area contributed by atoms with Gasteiger partial charge >= 0.3 is 0 Å². The van der Waals surface area contributed by atoms with Gasteiger partial charge in [-0.25, -0.2) is 9.97 Å². The van der Waals surface area contributed by atoms with Gasteiger partial charge in [0.2, 0.25) is 0 Å². The minimum absolute atomic E-state index is 0.684. The fraction of sp³-hybridized carbons (Fsp3) is 0.0286. The lowest BCUT2D eigenvalue weighted by molar-refractivity contribution is 0.973. The van der Waals surface area contributed by atoms with Gasteiger partial charge < -0.3 is 0 Å². The van der Waals surface area contributed by atoms with Crippen molar-refractivity contribution < 1.29 is 0 Å². The van der Waals surface area contributed by atoms with Crippen molar-refractivity contribution in [3.8, 4) is 22.4 Å². The fourth-order valence-electron chi connectivity index (χ4n) is 5.38. The highest BCUT2D eigenvalue weighted by atomic mass is 14.9. The quantitative estimate of drug-likeness (QED) is 0.239. The van der Waals surface area contributed by atoms with Gasteiger partial charge in [-0.2, -0.15) is 0 Å². The Hall–Kier alpha value is -4.82. The van der Waals surface area contributed by atoms with E-state index in [4.69, 9.17) is 4.98 Å². The van der Waals surface area contributed by atoms with E-state index in [0.29, 0.717) is 6.42 Å². The van der Waals surface area contributed by atoms with E-state index in [1.165, 1.54) is 49.0 Å². The number of nitrogens with zero attached hydrogens (tertiary/aromatic N) is 2. The van der Waals surface area contributed by atoms with Crippen molar-refractivity contribution in [2.24, 2.45) is 0 Å². The van der Waals surface area contributed by atoms with Crippen LogP contribution >= 0.6 is 0 Å². The molecule has 0 spiro atoms. The number of aromatic nitrogens is 2. The van der Waals surface area contributed by atoms with Crippen molar-refractivity contribution in [3.63, 3.8) is 0 Å². The molecule has 0 saturated heterocycles. The van der Waals surface area contributed by atoms with Crippen LogP contribution < -0.4 is 0 Å². The second kappa shape index (κ2) is 9.00. The van der Waals surface area contributed by atoms with E-state index in [9.17, 15) is 0 Å². The molecule has 2 nitrogen and oxygen atoms in total. The summed E-state index contributed by atoms with van der Waals surface area (Å²) in [6, 6.07) is 45.2. The predicted octanol–water partition coefficient (Wildman–Crippen LogP) is 8.86. The maximum absolute atomic E-state index is 4.95. The largest absolute Gasteiger partial charge is 0.241 e. The molecule has 0 N–H and O–H groups in total. The van der Waals surface area contributed by atoms with Crippen LogP contribution in [0.25, 0.3) is 54.7 Å². The van der Waals surface area contributed by atoms with Crippen LogP contribution in [0.3, 0.4) is 0 Å². The predicted molar refractivity (Wildman–Crippen MR) is 155 cm³/mol. The zero-order chi connectivity index (χ0) is 24.6. The van der Waals surface area contributed by atoms with Crippen LogP contribution in [0.5, 0.6) is 0 Å². The SMILES string of the molecule is c1ccc(-c2cccc(-c3ccnc(Cc4ccc5c6ccccc6c6ccccc6c5c4)n3)c2)cc1. The molecule has 6 aromatic carbocycles. The zero-order valence-corrected chi connectivity index (χ0v) is 20.3. The number of hydrogen-bond donors (Lipinski definition) is 0. The summed E-state index contributed by atoms with van der Waals surface area (Å²) in [6.45, 7) is 0. The highest BCUT2D eigenvalue weighted by Gasteiger charge is 2.10. The molecular weight excluding hydrogens is 448 g/mol. The molecule has 0 amide bonds. The van der Waals surface area contributed by atoms with Crippen LogP contribution in [-0.2, 0) is 6.42 Å². The topological polar surface area (TPSA) is 25.8 Å². The average Bonchev–Trinajstić information content (AvgIpc) is 2.98. The second-order valence-corrected chi connectivity index (χ2v) is 9.45. The highest BCUT2D eigenvalue weighted by molar-refractivity contribution is 6.25. The number of hydrogen-bond acceptors (Lipinski definition) is 2. The zero-order valence-electron chi connectivity index (χ0n) is 20.3. The lowest BCUT2D eigenvalue weighted by Gasteiger charge is -2.12. The Kier molecular flexibility index (Phi) is 5.22. The summed E-state index contributed by atoms with van der Waals surface area (Å²) in [5.41, 5.74) is 5.64. The summed E-state index contributed by atoms with van der Waals surface area (Å²) in [5.74, 6) is 0.826. The summed E-state index contributed by atoms with van der Waals surface area (Å²) in [7, 11) is 0. The number of fused-ring (bicyclic) bond motifs is 6. The Balaban J connectivity index is 1.28. The van der Waals surface area contributed by atoms with Crippen LogP contribution in [0.4, 0.5) is 0 Å². The van der Waals surface area contributed by atoms with Gasteiger partial charge in [0.25, 0.3) is 0 Å². The van der Waals surface area contributed by atoms with Gasteiger partial charge in [0.05, 0.1) is 5.69 Å². The maximum Gasteiger partial charge on any atom is 0.133 e. The smallest absolute Gasteiger partial charge is 0.133 e. The Labute approximate surface area is 215 Å². The molecule has 0 aliphatic carbocycles. The monoisotopic (exact) mass is 472 g/mol. The molecule has 7 rings (SSSR count). The summed E-state index contributed by atoms with van der Waals surface area (Å²) in [5, 5.41) is 7.72. The molecule has 0 aliphatic rings. The third-order valence-electron chi connectivity index (χ3n) is 7.14. The molecule has 0 aliphatic heterocycles. The molecule has 2 heteroatoms. The lowest BCUT2D eigenvalue weighted by atomic mass is 9.93. The third kappa shape index (κ3) is 3.93. The van der Waals surface area contributed by atoms with Gasteiger partial charge in [-0.3, -0.25) is 0 Å². The molecule has 0 radical (unpaired) electrons. The van der Waals surface area contributed by atoms with Crippen molar-refractivity contribution in [1.29, 1.82) is 0 Å². The first-order chi connectivity index (χ1) is 18.3. The lowest BCUT2D eigenvalue weighted by Crippen LogP contribution is -1.98. The highest BCUT2D eigenvalue weighted by Crippen LogP contribution is 2.35. The minimum Gasteiger partial charge on any atom is -0.241 e. The van der Waals surface area contributed by atoms with Crippen LogP contribution in [0.1, 0.15) is 11.4 Å². The van der Waals surface area contributed by atoms with Crippen LogP contribution in [0.15, 0.2) is 134 Å². The van der Waals surface area contributed by atoms with E-state index in [-0.39, 0.29) is 0 Å². The van der Waals surface area contributed by atoms with Crippen molar-refractivity contribution in [1.82, 2.24) is 9.97 Å². The first-order valence-corrected chi connectivity index (χ1v) is 12.6. The Morgan fingerprint density at radius 3 is 1.76 bits per heavy atom. The minimum atomic E-state index is 0.684. The molecular formula is C35H24N2. The maximum atomic E-state index is 4.95.